The Labute approximate surface area is 149 Å². The molecule has 2 aromatic carbocycles. The van der Waals surface area contributed by atoms with Crippen molar-refractivity contribution in [2.24, 2.45) is 0 Å². The topological polar surface area (TPSA) is 58.6 Å². The molecule has 0 bridgehead atoms. The van der Waals surface area contributed by atoms with Crippen molar-refractivity contribution in [2.45, 2.75) is 13.8 Å². The lowest BCUT2D eigenvalue weighted by Crippen LogP contribution is -2.36. The number of ether oxygens (including phenoxy) is 1. The van der Waals surface area contributed by atoms with Crippen LogP contribution in [0, 0.1) is 6.92 Å². The van der Waals surface area contributed by atoms with Gasteiger partial charge in [0, 0.05) is 28.8 Å². The Hall–Kier alpha value is -2.34. The van der Waals surface area contributed by atoms with Gasteiger partial charge in [-0.15, -0.1) is 0 Å². The maximum Gasteiger partial charge on any atom is 0.244 e. The summed E-state index contributed by atoms with van der Waals surface area (Å²) in [4.78, 5) is 25.7. The van der Waals surface area contributed by atoms with E-state index < -0.39 is 0 Å². The van der Waals surface area contributed by atoms with Gasteiger partial charge in [-0.3, -0.25) is 9.59 Å². The predicted octanol–water partition coefficient (Wildman–Crippen LogP) is 3.76. The van der Waals surface area contributed by atoms with Crippen LogP contribution < -0.4 is 15.0 Å². The molecular weight excluding hydrogens is 372 g/mol. The largest absolute Gasteiger partial charge is 0.497 e. The summed E-state index contributed by atoms with van der Waals surface area (Å²) in [6.07, 6.45) is 0. The van der Waals surface area contributed by atoms with Crippen molar-refractivity contribution in [1.82, 2.24) is 0 Å². The molecule has 5 nitrogen and oxygen atoms in total. The number of benzene rings is 2. The first-order valence-corrected chi connectivity index (χ1v) is 8.18. The van der Waals surface area contributed by atoms with Crippen LogP contribution in [0.25, 0.3) is 0 Å². The van der Waals surface area contributed by atoms with E-state index in [2.05, 4.69) is 21.2 Å². The second kappa shape index (κ2) is 7.97. The molecule has 0 unspecified atom stereocenters. The van der Waals surface area contributed by atoms with E-state index in [1.165, 1.54) is 11.8 Å². The Morgan fingerprint density at radius 1 is 1.21 bits per heavy atom. The molecule has 0 radical (unpaired) electrons. The number of methoxy groups -OCH3 is 1. The van der Waals surface area contributed by atoms with Gasteiger partial charge in [0.1, 0.15) is 12.3 Å². The third-order valence-electron chi connectivity index (χ3n) is 3.49. The quantitative estimate of drug-likeness (QED) is 0.845. The summed E-state index contributed by atoms with van der Waals surface area (Å²) >= 11 is 3.43. The highest BCUT2D eigenvalue weighted by molar-refractivity contribution is 9.10. The second-order valence-electron chi connectivity index (χ2n) is 5.32. The first kappa shape index (κ1) is 18.0. The molecule has 6 heteroatoms. The normalized spacial score (nSPS) is 10.2. The molecule has 0 fully saturated rings. The van der Waals surface area contributed by atoms with E-state index in [1.54, 1.807) is 37.4 Å². The predicted molar refractivity (Wildman–Crippen MR) is 98.5 cm³/mol. The van der Waals surface area contributed by atoms with Crippen molar-refractivity contribution in [2.75, 3.05) is 23.9 Å². The van der Waals surface area contributed by atoms with E-state index >= 15 is 0 Å². The van der Waals surface area contributed by atoms with Crippen molar-refractivity contribution >= 4 is 39.1 Å². The zero-order chi connectivity index (χ0) is 17.7. The number of carbonyl (C=O) groups excluding carboxylic acids is 2. The minimum atomic E-state index is -0.279. The number of hydrogen-bond acceptors (Lipinski definition) is 3. The Kier molecular flexibility index (Phi) is 5.98. The molecule has 1 N–H and O–H groups in total. The van der Waals surface area contributed by atoms with E-state index in [0.29, 0.717) is 17.1 Å². The fourth-order valence-electron chi connectivity index (χ4n) is 2.23. The molecule has 0 aromatic heterocycles. The van der Waals surface area contributed by atoms with E-state index in [-0.39, 0.29) is 18.4 Å². The van der Waals surface area contributed by atoms with Crippen LogP contribution in [-0.2, 0) is 9.59 Å². The molecule has 0 aliphatic carbocycles. The molecule has 0 heterocycles. The zero-order valence-electron chi connectivity index (χ0n) is 13.8. The van der Waals surface area contributed by atoms with Gasteiger partial charge in [-0.1, -0.05) is 22.0 Å². The summed E-state index contributed by atoms with van der Waals surface area (Å²) in [5, 5.41) is 2.78. The average molecular weight is 391 g/mol. The van der Waals surface area contributed by atoms with Crippen molar-refractivity contribution in [1.29, 1.82) is 0 Å². The minimum Gasteiger partial charge on any atom is -0.497 e. The summed E-state index contributed by atoms with van der Waals surface area (Å²) in [6, 6.07) is 12.6. The number of carbonyl (C=O) groups is 2. The number of rotatable bonds is 5. The number of aryl methyl sites for hydroxylation is 1. The van der Waals surface area contributed by atoms with E-state index in [9.17, 15) is 9.59 Å². The van der Waals surface area contributed by atoms with Crippen molar-refractivity contribution in [3.63, 3.8) is 0 Å². The van der Waals surface area contributed by atoms with E-state index in [1.807, 2.05) is 19.1 Å². The summed E-state index contributed by atoms with van der Waals surface area (Å²) < 4.78 is 6.08. The molecule has 0 saturated heterocycles. The lowest BCUT2D eigenvalue weighted by Gasteiger charge is -2.21. The third-order valence-corrected chi connectivity index (χ3v) is 4.38. The summed E-state index contributed by atoms with van der Waals surface area (Å²) in [5.41, 5.74) is 2.30. The number of amides is 2. The van der Waals surface area contributed by atoms with Crippen molar-refractivity contribution in [3.8, 4) is 5.75 Å². The number of nitrogens with zero attached hydrogens (tertiary/aromatic N) is 1. The van der Waals surface area contributed by atoms with Gasteiger partial charge < -0.3 is 15.0 Å². The molecule has 2 rings (SSSR count). The molecule has 0 saturated carbocycles. The second-order valence-corrected chi connectivity index (χ2v) is 6.17. The van der Waals surface area contributed by atoms with Crippen molar-refractivity contribution in [3.05, 3.63) is 52.5 Å². The number of nitrogens with one attached hydrogen (secondary N) is 1. The van der Waals surface area contributed by atoms with Gasteiger partial charge in [0.15, 0.2) is 0 Å². The molecule has 2 aromatic rings. The Morgan fingerprint density at radius 2 is 1.96 bits per heavy atom. The fraction of sp³-hybridized carbons (Fsp3) is 0.222. The summed E-state index contributed by atoms with van der Waals surface area (Å²) in [7, 11) is 1.56. The highest BCUT2D eigenvalue weighted by Crippen LogP contribution is 2.23. The maximum atomic E-state index is 12.3. The standard InChI is InChI=1S/C18H19BrN2O3/c1-12-9-15(7-8-17(12)19)21(13(2)22)11-18(23)20-14-5-4-6-16(10-14)24-3/h4-10H,11H2,1-3H3,(H,20,23). The molecule has 0 aliphatic heterocycles. The molecule has 2 amide bonds. The van der Waals surface area contributed by atoms with Gasteiger partial charge in [0.2, 0.25) is 11.8 Å². The van der Waals surface area contributed by atoms with Gasteiger partial charge in [-0.2, -0.15) is 0 Å². The summed E-state index contributed by atoms with van der Waals surface area (Å²) in [6.45, 7) is 3.31. The van der Waals surface area contributed by atoms with Gasteiger partial charge in [0.05, 0.1) is 7.11 Å². The highest BCUT2D eigenvalue weighted by Gasteiger charge is 2.16. The van der Waals surface area contributed by atoms with Crippen LogP contribution in [-0.4, -0.2) is 25.5 Å². The van der Waals surface area contributed by atoms with E-state index in [4.69, 9.17) is 4.74 Å². The number of halogens is 1. The molecule has 0 spiro atoms. The van der Waals surface area contributed by atoms with Crippen LogP contribution in [0.4, 0.5) is 11.4 Å². The zero-order valence-corrected chi connectivity index (χ0v) is 15.4. The van der Waals surface area contributed by atoms with Crippen LogP contribution >= 0.6 is 15.9 Å². The Bertz CT molecular complexity index is 762. The lowest BCUT2D eigenvalue weighted by molar-refractivity contribution is -0.120. The van der Waals surface area contributed by atoms with Gasteiger partial charge in [-0.25, -0.2) is 0 Å². The monoisotopic (exact) mass is 390 g/mol. The van der Waals surface area contributed by atoms with Gasteiger partial charge in [-0.05, 0) is 42.8 Å². The molecule has 24 heavy (non-hydrogen) atoms. The molecule has 0 atom stereocenters. The molecule has 126 valence electrons. The van der Waals surface area contributed by atoms with E-state index in [0.717, 1.165) is 10.0 Å². The first-order valence-electron chi connectivity index (χ1n) is 7.39. The minimum absolute atomic E-state index is 0.0619. The molecular formula is C18H19BrN2O3. The highest BCUT2D eigenvalue weighted by atomic mass is 79.9. The Balaban J connectivity index is 2.13. The lowest BCUT2D eigenvalue weighted by atomic mass is 10.2. The van der Waals surface area contributed by atoms with Crippen molar-refractivity contribution < 1.29 is 14.3 Å². The average Bonchev–Trinajstić information content (AvgIpc) is 2.55. The third kappa shape index (κ3) is 4.58. The summed E-state index contributed by atoms with van der Waals surface area (Å²) in [5.74, 6) is 0.177. The van der Waals surface area contributed by atoms with Gasteiger partial charge in [0.25, 0.3) is 0 Å². The Morgan fingerprint density at radius 3 is 2.58 bits per heavy atom. The van der Waals surface area contributed by atoms with Crippen LogP contribution in [0.2, 0.25) is 0 Å². The first-order chi connectivity index (χ1) is 11.4. The molecule has 0 aliphatic rings. The maximum absolute atomic E-state index is 12.3. The smallest absolute Gasteiger partial charge is 0.244 e. The fourth-order valence-corrected chi connectivity index (χ4v) is 2.47. The van der Waals surface area contributed by atoms with Gasteiger partial charge >= 0.3 is 0 Å². The van der Waals surface area contributed by atoms with Crippen LogP contribution in [0.15, 0.2) is 46.9 Å². The number of anilines is 2. The SMILES string of the molecule is COc1cccc(NC(=O)CN(C(C)=O)c2ccc(Br)c(C)c2)c1. The van der Waals surface area contributed by atoms with Crippen LogP contribution in [0.3, 0.4) is 0 Å². The van der Waals surface area contributed by atoms with Crippen LogP contribution in [0.5, 0.6) is 5.75 Å². The number of hydrogen-bond donors (Lipinski definition) is 1. The van der Waals surface area contributed by atoms with Crippen LogP contribution in [0.1, 0.15) is 12.5 Å².